The van der Waals surface area contributed by atoms with E-state index in [1.165, 1.54) is 6.42 Å². The molecule has 5 nitrogen and oxygen atoms in total. The number of urea groups is 1. The van der Waals surface area contributed by atoms with Crippen LogP contribution in [0, 0.1) is 0 Å². The Bertz CT molecular complexity index is 656. The first-order valence-corrected chi connectivity index (χ1v) is 9.75. The lowest BCUT2D eigenvalue weighted by atomic mass is 9.96. The number of carbonyl (C=O) groups excluding carboxylic acids is 1. The number of hydrogen-bond donors (Lipinski definition) is 2. The van der Waals surface area contributed by atoms with Crippen LogP contribution in [0.25, 0.3) is 0 Å². The van der Waals surface area contributed by atoms with Crippen molar-refractivity contribution in [1.82, 2.24) is 15.6 Å². The van der Waals surface area contributed by atoms with Gasteiger partial charge in [0.25, 0.3) is 0 Å². The highest BCUT2D eigenvalue weighted by Crippen LogP contribution is 2.34. The minimum atomic E-state index is -4.46. The molecule has 150 valence electrons. The highest BCUT2D eigenvalue weighted by molar-refractivity contribution is 6.33. The maximum Gasteiger partial charge on any atom is 0.417 e. The number of amides is 2. The Morgan fingerprint density at radius 2 is 1.67 bits per heavy atom. The molecule has 1 aromatic rings. The van der Waals surface area contributed by atoms with Crippen molar-refractivity contribution < 1.29 is 18.0 Å². The summed E-state index contributed by atoms with van der Waals surface area (Å²) in [5, 5.41) is 6.03. The lowest BCUT2D eigenvalue weighted by Crippen LogP contribution is -2.50. The molecule has 2 aliphatic rings. The first-order valence-electron chi connectivity index (χ1n) is 9.37. The number of anilines is 1. The van der Waals surface area contributed by atoms with Gasteiger partial charge in [0.1, 0.15) is 5.82 Å². The molecule has 0 bridgehead atoms. The van der Waals surface area contributed by atoms with Crippen LogP contribution in [0.15, 0.2) is 12.3 Å². The number of hydrogen-bond acceptors (Lipinski definition) is 3. The molecule has 1 aliphatic heterocycles. The predicted octanol–water partition coefficient (Wildman–Crippen LogP) is 4.35. The molecule has 2 amide bonds. The van der Waals surface area contributed by atoms with Crippen molar-refractivity contribution in [3.8, 4) is 0 Å². The van der Waals surface area contributed by atoms with Crippen molar-refractivity contribution in [3.05, 3.63) is 22.8 Å². The smallest absolute Gasteiger partial charge is 0.355 e. The lowest BCUT2D eigenvalue weighted by Gasteiger charge is -2.34. The van der Waals surface area contributed by atoms with Crippen LogP contribution in [0.1, 0.15) is 50.5 Å². The van der Waals surface area contributed by atoms with Crippen LogP contribution < -0.4 is 15.5 Å². The van der Waals surface area contributed by atoms with E-state index in [2.05, 4.69) is 15.6 Å². The normalized spacial score (nSPS) is 19.8. The number of nitrogens with one attached hydrogen (secondary N) is 2. The van der Waals surface area contributed by atoms with Gasteiger partial charge in [-0.05, 0) is 31.7 Å². The van der Waals surface area contributed by atoms with Gasteiger partial charge in [0.05, 0.1) is 10.6 Å². The Labute approximate surface area is 161 Å². The average molecular weight is 405 g/mol. The summed E-state index contributed by atoms with van der Waals surface area (Å²) in [6.45, 7) is 1.15. The van der Waals surface area contributed by atoms with E-state index in [-0.39, 0.29) is 23.1 Å². The molecule has 2 heterocycles. The molecule has 1 aliphatic carbocycles. The van der Waals surface area contributed by atoms with E-state index in [1.54, 1.807) is 0 Å². The number of halogens is 4. The van der Waals surface area contributed by atoms with Crippen LogP contribution in [0.2, 0.25) is 5.02 Å². The molecular formula is C18H24ClF3N4O. The van der Waals surface area contributed by atoms with Gasteiger partial charge in [-0.25, -0.2) is 9.78 Å². The third-order valence-corrected chi connectivity index (χ3v) is 5.50. The molecule has 0 radical (unpaired) electrons. The second kappa shape index (κ2) is 8.54. The largest absolute Gasteiger partial charge is 0.417 e. The molecule has 9 heteroatoms. The van der Waals surface area contributed by atoms with Gasteiger partial charge in [-0.2, -0.15) is 13.2 Å². The first-order chi connectivity index (χ1) is 12.8. The zero-order valence-electron chi connectivity index (χ0n) is 15.0. The second-order valence-corrected chi connectivity index (χ2v) is 7.65. The SMILES string of the molecule is O=C(NC1CCCCC1)NC1CCN(c2ncc(C(F)(F)F)cc2Cl)CC1. The molecule has 0 atom stereocenters. The molecule has 0 unspecified atom stereocenters. The van der Waals surface area contributed by atoms with Gasteiger partial charge in [-0.15, -0.1) is 0 Å². The minimum absolute atomic E-state index is 0.00808. The number of nitrogens with zero attached hydrogens (tertiary/aromatic N) is 2. The van der Waals surface area contributed by atoms with Crippen molar-refractivity contribution in [2.24, 2.45) is 0 Å². The minimum Gasteiger partial charge on any atom is -0.355 e. The maximum atomic E-state index is 12.7. The fourth-order valence-corrected chi connectivity index (χ4v) is 4.00. The molecule has 1 saturated carbocycles. The molecule has 0 aromatic carbocycles. The number of rotatable bonds is 3. The Balaban J connectivity index is 1.49. The van der Waals surface area contributed by atoms with E-state index in [9.17, 15) is 18.0 Å². The van der Waals surface area contributed by atoms with Gasteiger partial charge in [-0.3, -0.25) is 0 Å². The maximum absolute atomic E-state index is 12.7. The number of alkyl halides is 3. The van der Waals surface area contributed by atoms with E-state index in [1.807, 2.05) is 4.90 Å². The zero-order chi connectivity index (χ0) is 19.4. The van der Waals surface area contributed by atoms with Crippen LogP contribution in [-0.2, 0) is 6.18 Å². The molecular weight excluding hydrogens is 381 g/mol. The van der Waals surface area contributed by atoms with Crippen molar-refractivity contribution in [2.75, 3.05) is 18.0 Å². The zero-order valence-corrected chi connectivity index (χ0v) is 15.7. The highest BCUT2D eigenvalue weighted by Gasteiger charge is 2.32. The summed E-state index contributed by atoms with van der Waals surface area (Å²) in [6, 6.07) is 1.07. The molecule has 0 spiro atoms. The second-order valence-electron chi connectivity index (χ2n) is 7.24. The first kappa shape index (κ1) is 20.0. The molecule has 1 saturated heterocycles. The fraction of sp³-hybridized carbons (Fsp3) is 0.667. The standard InChI is InChI=1S/C18H24ClF3N4O/c19-15-10-12(18(20,21)22)11-23-16(15)26-8-6-14(7-9-26)25-17(27)24-13-4-2-1-3-5-13/h10-11,13-14H,1-9H2,(H2,24,25,27). The van der Waals surface area contributed by atoms with Gasteiger partial charge in [0.2, 0.25) is 0 Å². The van der Waals surface area contributed by atoms with Gasteiger partial charge < -0.3 is 15.5 Å². The number of pyridine rings is 1. The van der Waals surface area contributed by atoms with E-state index >= 15 is 0 Å². The topological polar surface area (TPSA) is 57.3 Å². The summed E-state index contributed by atoms with van der Waals surface area (Å²) in [7, 11) is 0. The fourth-order valence-electron chi connectivity index (χ4n) is 3.71. The van der Waals surface area contributed by atoms with Gasteiger partial charge in [0, 0.05) is 31.4 Å². The van der Waals surface area contributed by atoms with E-state index in [4.69, 9.17) is 11.6 Å². The van der Waals surface area contributed by atoms with E-state index < -0.39 is 11.7 Å². The van der Waals surface area contributed by atoms with Gasteiger partial charge in [-0.1, -0.05) is 30.9 Å². The molecule has 3 rings (SSSR count). The van der Waals surface area contributed by atoms with Crippen LogP contribution in [0.4, 0.5) is 23.8 Å². The van der Waals surface area contributed by atoms with Crippen molar-refractivity contribution in [3.63, 3.8) is 0 Å². The van der Waals surface area contributed by atoms with Crippen LogP contribution in [0.5, 0.6) is 0 Å². The summed E-state index contributed by atoms with van der Waals surface area (Å²) in [6.07, 6.45) is 3.34. The Kier molecular flexibility index (Phi) is 6.34. The van der Waals surface area contributed by atoms with Gasteiger partial charge in [0.15, 0.2) is 0 Å². The van der Waals surface area contributed by atoms with Crippen LogP contribution in [-0.4, -0.2) is 36.2 Å². The number of carbonyl (C=O) groups is 1. The highest BCUT2D eigenvalue weighted by atomic mass is 35.5. The monoisotopic (exact) mass is 404 g/mol. The lowest BCUT2D eigenvalue weighted by molar-refractivity contribution is -0.137. The summed E-state index contributed by atoms with van der Waals surface area (Å²) < 4.78 is 38.2. The average Bonchev–Trinajstić information content (AvgIpc) is 2.62. The number of aromatic nitrogens is 1. The van der Waals surface area contributed by atoms with E-state index in [0.717, 1.165) is 37.9 Å². The molecule has 27 heavy (non-hydrogen) atoms. The third kappa shape index (κ3) is 5.40. The molecule has 1 aromatic heterocycles. The Morgan fingerprint density at radius 1 is 1.07 bits per heavy atom. The quantitative estimate of drug-likeness (QED) is 0.787. The molecule has 2 N–H and O–H groups in total. The third-order valence-electron chi connectivity index (χ3n) is 5.22. The van der Waals surface area contributed by atoms with Gasteiger partial charge >= 0.3 is 12.2 Å². The Hall–Kier alpha value is -1.70. The Morgan fingerprint density at radius 3 is 2.22 bits per heavy atom. The molecule has 2 fully saturated rings. The summed E-state index contributed by atoms with van der Waals surface area (Å²) >= 11 is 6.01. The number of piperidine rings is 1. The summed E-state index contributed by atoms with van der Waals surface area (Å²) in [4.78, 5) is 17.9. The van der Waals surface area contributed by atoms with Crippen molar-refractivity contribution >= 4 is 23.4 Å². The van der Waals surface area contributed by atoms with Crippen LogP contribution in [0.3, 0.4) is 0 Å². The van der Waals surface area contributed by atoms with E-state index in [0.29, 0.717) is 31.7 Å². The summed E-state index contributed by atoms with van der Waals surface area (Å²) in [5.74, 6) is 0.356. The van der Waals surface area contributed by atoms with Crippen molar-refractivity contribution in [2.45, 2.75) is 63.2 Å². The van der Waals surface area contributed by atoms with Crippen LogP contribution >= 0.6 is 11.6 Å². The van der Waals surface area contributed by atoms with Crippen molar-refractivity contribution in [1.29, 1.82) is 0 Å². The summed E-state index contributed by atoms with van der Waals surface area (Å²) in [5.41, 5.74) is -0.854. The predicted molar refractivity (Wildman–Crippen MR) is 98.0 cm³/mol.